The molecule has 0 saturated heterocycles. The number of hydrogen-bond donors (Lipinski definition) is 2. The summed E-state index contributed by atoms with van der Waals surface area (Å²) in [6.07, 6.45) is -0.951. The highest BCUT2D eigenvalue weighted by Gasteiger charge is 2.29. The van der Waals surface area contributed by atoms with E-state index in [1.54, 1.807) is 42.5 Å². The molecule has 2 aromatic carbocycles. The van der Waals surface area contributed by atoms with Gasteiger partial charge in [0.25, 0.3) is 5.91 Å². The first-order valence-electron chi connectivity index (χ1n) is 8.73. The molecular formula is C20H18ClN3O5. The molecule has 2 aromatic rings. The normalized spacial score (nSPS) is 14.3. The average molecular weight is 416 g/mol. The van der Waals surface area contributed by atoms with Crippen LogP contribution in [0.25, 0.3) is 0 Å². The molecule has 9 heteroatoms. The van der Waals surface area contributed by atoms with Gasteiger partial charge in [0.1, 0.15) is 11.5 Å². The molecule has 0 radical (unpaired) electrons. The van der Waals surface area contributed by atoms with Crippen molar-refractivity contribution in [2.24, 2.45) is 5.10 Å². The predicted molar refractivity (Wildman–Crippen MR) is 107 cm³/mol. The Morgan fingerprint density at radius 3 is 2.55 bits per heavy atom. The van der Waals surface area contributed by atoms with E-state index in [0.717, 1.165) is 0 Å². The van der Waals surface area contributed by atoms with E-state index in [-0.39, 0.29) is 24.5 Å². The number of halogens is 1. The van der Waals surface area contributed by atoms with Crippen molar-refractivity contribution >= 4 is 40.8 Å². The lowest BCUT2D eigenvalue weighted by Gasteiger charge is -2.19. The Morgan fingerprint density at radius 2 is 1.93 bits per heavy atom. The van der Waals surface area contributed by atoms with Crippen molar-refractivity contribution in [2.45, 2.75) is 18.9 Å². The van der Waals surface area contributed by atoms with Gasteiger partial charge in [-0.15, -0.1) is 0 Å². The van der Waals surface area contributed by atoms with Crippen LogP contribution in [0.3, 0.4) is 0 Å². The Hall–Kier alpha value is -3.39. The molecular weight excluding hydrogens is 398 g/mol. The topological polar surface area (TPSA) is 106 Å². The number of anilines is 1. The van der Waals surface area contributed by atoms with E-state index in [1.165, 1.54) is 13.2 Å². The number of nitrogens with one attached hydrogen (secondary N) is 2. The van der Waals surface area contributed by atoms with Gasteiger partial charge in [-0.3, -0.25) is 9.59 Å². The largest absolute Gasteiger partial charge is 0.495 e. The zero-order valence-corrected chi connectivity index (χ0v) is 16.2. The van der Waals surface area contributed by atoms with Gasteiger partial charge < -0.3 is 14.8 Å². The molecule has 1 atom stereocenters. The predicted octanol–water partition coefficient (Wildman–Crippen LogP) is 2.84. The summed E-state index contributed by atoms with van der Waals surface area (Å²) in [5.74, 6) is -1.16. The molecule has 0 aliphatic carbocycles. The van der Waals surface area contributed by atoms with Crippen molar-refractivity contribution in [3.63, 3.8) is 0 Å². The molecule has 29 heavy (non-hydrogen) atoms. The van der Waals surface area contributed by atoms with E-state index in [2.05, 4.69) is 15.8 Å². The Labute approximate surface area is 171 Å². The average Bonchev–Trinajstić information content (AvgIpc) is 2.73. The zero-order valence-electron chi connectivity index (χ0n) is 15.5. The molecule has 2 N–H and O–H groups in total. The fourth-order valence-electron chi connectivity index (χ4n) is 2.65. The van der Waals surface area contributed by atoms with E-state index < -0.39 is 18.0 Å². The zero-order chi connectivity index (χ0) is 20.8. The number of nitrogens with zero attached hydrogens (tertiary/aromatic N) is 1. The molecule has 0 spiro atoms. The lowest BCUT2D eigenvalue weighted by atomic mass is 10.1. The second-order valence-corrected chi connectivity index (χ2v) is 6.54. The van der Waals surface area contributed by atoms with Crippen LogP contribution >= 0.6 is 11.6 Å². The van der Waals surface area contributed by atoms with Crippen LogP contribution in [0.15, 0.2) is 53.6 Å². The van der Waals surface area contributed by atoms with Crippen LogP contribution in [0.2, 0.25) is 5.02 Å². The Morgan fingerprint density at radius 1 is 1.17 bits per heavy atom. The Kier molecular flexibility index (Phi) is 6.46. The minimum absolute atomic E-state index is 0.0471. The molecule has 2 amide bonds. The highest BCUT2D eigenvalue weighted by atomic mass is 35.5. The lowest BCUT2D eigenvalue weighted by Crippen LogP contribution is -2.33. The Bertz CT molecular complexity index is 962. The third-order valence-corrected chi connectivity index (χ3v) is 4.42. The van der Waals surface area contributed by atoms with E-state index in [9.17, 15) is 14.4 Å². The summed E-state index contributed by atoms with van der Waals surface area (Å²) in [6.45, 7) is 0. The number of esters is 1. The fraction of sp³-hybridized carbons (Fsp3) is 0.200. The standard InChI is InChI=1S/C20H18ClN3O5/c1-28-16-9-7-13(11-14(16)21)22-19(26)18(12-5-3-2-4-6-12)29-20(27)15-8-10-17(25)24-23-15/h2-7,9,11,18H,8,10H2,1H3,(H,22,26)(H,24,25)/t18-/m1/s1. The van der Waals surface area contributed by atoms with Gasteiger partial charge in [-0.05, 0) is 18.2 Å². The number of ether oxygens (including phenoxy) is 2. The first-order chi connectivity index (χ1) is 14.0. The summed E-state index contributed by atoms with van der Waals surface area (Å²) in [5.41, 5.74) is 3.18. The number of benzene rings is 2. The minimum atomic E-state index is -1.22. The van der Waals surface area contributed by atoms with Crippen molar-refractivity contribution in [1.82, 2.24) is 5.43 Å². The van der Waals surface area contributed by atoms with Crippen LogP contribution in [0, 0.1) is 0 Å². The van der Waals surface area contributed by atoms with E-state index in [1.807, 2.05) is 0 Å². The lowest BCUT2D eigenvalue weighted by molar-refractivity contribution is -0.148. The molecule has 0 unspecified atom stereocenters. The van der Waals surface area contributed by atoms with Gasteiger partial charge in [-0.25, -0.2) is 10.2 Å². The Balaban J connectivity index is 1.80. The molecule has 0 saturated carbocycles. The summed E-state index contributed by atoms with van der Waals surface area (Å²) >= 11 is 6.10. The quantitative estimate of drug-likeness (QED) is 0.705. The van der Waals surface area contributed by atoms with Crippen molar-refractivity contribution < 1.29 is 23.9 Å². The summed E-state index contributed by atoms with van der Waals surface area (Å²) in [6, 6.07) is 13.3. The van der Waals surface area contributed by atoms with Gasteiger partial charge in [-0.1, -0.05) is 41.9 Å². The number of amides is 2. The van der Waals surface area contributed by atoms with Crippen LogP contribution in [0.1, 0.15) is 24.5 Å². The smallest absolute Gasteiger partial charge is 0.355 e. The third-order valence-electron chi connectivity index (χ3n) is 4.12. The number of carbonyl (C=O) groups is 3. The fourth-order valence-corrected chi connectivity index (χ4v) is 2.91. The number of carbonyl (C=O) groups excluding carboxylic acids is 3. The molecule has 1 aliphatic heterocycles. The third kappa shape index (κ3) is 5.11. The maximum atomic E-state index is 12.9. The minimum Gasteiger partial charge on any atom is -0.495 e. The van der Waals surface area contributed by atoms with E-state index >= 15 is 0 Å². The van der Waals surface area contributed by atoms with Crippen LogP contribution in [-0.2, 0) is 19.1 Å². The van der Waals surface area contributed by atoms with Gasteiger partial charge >= 0.3 is 5.97 Å². The van der Waals surface area contributed by atoms with Crippen molar-refractivity contribution in [3.8, 4) is 5.75 Å². The number of hydrogen-bond acceptors (Lipinski definition) is 6. The second-order valence-electron chi connectivity index (χ2n) is 6.13. The molecule has 0 bridgehead atoms. The van der Waals surface area contributed by atoms with Gasteiger partial charge in [0.05, 0.1) is 12.1 Å². The molecule has 1 aliphatic rings. The number of methoxy groups -OCH3 is 1. The van der Waals surface area contributed by atoms with Gasteiger partial charge in [0.2, 0.25) is 12.0 Å². The van der Waals surface area contributed by atoms with Crippen molar-refractivity contribution in [2.75, 3.05) is 12.4 Å². The van der Waals surface area contributed by atoms with Crippen LogP contribution in [0.5, 0.6) is 5.75 Å². The maximum Gasteiger partial charge on any atom is 0.355 e. The van der Waals surface area contributed by atoms with Crippen LogP contribution in [0.4, 0.5) is 5.69 Å². The first-order valence-corrected chi connectivity index (χ1v) is 9.11. The highest BCUT2D eigenvalue weighted by Crippen LogP contribution is 2.28. The summed E-state index contributed by atoms with van der Waals surface area (Å²) < 4.78 is 10.5. The van der Waals surface area contributed by atoms with Gasteiger partial charge in [-0.2, -0.15) is 5.10 Å². The summed E-state index contributed by atoms with van der Waals surface area (Å²) in [5, 5.41) is 6.72. The summed E-state index contributed by atoms with van der Waals surface area (Å²) in [4.78, 5) is 36.5. The molecule has 150 valence electrons. The molecule has 8 nitrogen and oxygen atoms in total. The first kappa shape index (κ1) is 20.3. The molecule has 3 rings (SSSR count). The summed E-state index contributed by atoms with van der Waals surface area (Å²) in [7, 11) is 1.49. The van der Waals surface area contributed by atoms with Crippen molar-refractivity contribution in [3.05, 3.63) is 59.1 Å². The number of hydrazone groups is 1. The molecule has 1 heterocycles. The molecule has 0 aromatic heterocycles. The van der Waals surface area contributed by atoms with Crippen LogP contribution in [-0.4, -0.2) is 30.6 Å². The monoisotopic (exact) mass is 415 g/mol. The van der Waals surface area contributed by atoms with Gasteiger partial charge in [0.15, 0.2) is 0 Å². The number of rotatable bonds is 6. The van der Waals surface area contributed by atoms with Crippen LogP contribution < -0.4 is 15.5 Å². The van der Waals surface area contributed by atoms with Gasteiger partial charge in [0, 0.05) is 24.1 Å². The second kappa shape index (κ2) is 9.20. The van der Waals surface area contributed by atoms with Crippen molar-refractivity contribution in [1.29, 1.82) is 0 Å². The maximum absolute atomic E-state index is 12.9. The van der Waals surface area contributed by atoms with E-state index in [0.29, 0.717) is 22.0 Å². The SMILES string of the molecule is COc1ccc(NC(=O)[C@H](OC(=O)C2=NNC(=O)CC2)c2ccccc2)cc1Cl. The van der Waals surface area contributed by atoms with E-state index in [4.69, 9.17) is 21.1 Å². The highest BCUT2D eigenvalue weighted by molar-refractivity contribution is 6.37. The molecule has 0 fully saturated rings.